The number of anilines is 1. The zero-order valence-electron chi connectivity index (χ0n) is 14.3. The number of hydrogen-bond acceptors (Lipinski definition) is 4. The van der Waals surface area contributed by atoms with Gasteiger partial charge in [0, 0.05) is 17.8 Å². The lowest BCUT2D eigenvalue weighted by atomic mass is 10.1. The average molecular weight is 339 g/mol. The van der Waals surface area contributed by atoms with E-state index in [1.165, 1.54) is 5.56 Å². The molecule has 0 aliphatic heterocycles. The number of nitrogens with zero attached hydrogens (tertiary/aromatic N) is 4. The van der Waals surface area contributed by atoms with E-state index >= 15 is 0 Å². The van der Waals surface area contributed by atoms with Gasteiger partial charge >= 0.3 is 0 Å². The predicted octanol–water partition coefficient (Wildman–Crippen LogP) is 4.44. The van der Waals surface area contributed by atoms with Crippen molar-refractivity contribution in [2.45, 2.75) is 13.0 Å². The lowest BCUT2D eigenvalue weighted by Gasteiger charge is -2.15. The number of nitrogens with one attached hydrogen (secondary N) is 1. The fourth-order valence-electron chi connectivity index (χ4n) is 2.96. The lowest BCUT2D eigenvalue weighted by Crippen LogP contribution is -2.07. The van der Waals surface area contributed by atoms with E-state index in [2.05, 4.69) is 35.5 Å². The van der Waals surface area contributed by atoms with Gasteiger partial charge < -0.3 is 5.32 Å². The van der Waals surface area contributed by atoms with Crippen LogP contribution in [-0.4, -0.2) is 14.6 Å². The van der Waals surface area contributed by atoms with Crippen LogP contribution in [0.15, 0.2) is 73.1 Å². The van der Waals surface area contributed by atoms with Gasteiger partial charge in [-0.15, -0.1) is 0 Å². The number of pyridine rings is 2. The van der Waals surface area contributed by atoms with Crippen LogP contribution < -0.4 is 5.32 Å². The van der Waals surface area contributed by atoms with E-state index in [-0.39, 0.29) is 6.04 Å². The third-order valence-corrected chi connectivity index (χ3v) is 4.34. The summed E-state index contributed by atoms with van der Waals surface area (Å²) in [6.07, 6.45) is 3.57. The maximum atomic E-state index is 9.14. The predicted molar refractivity (Wildman–Crippen MR) is 102 cm³/mol. The molecule has 0 radical (unpaired) electrons. The van der Waals surface area contributed by atoms with E-state index in [0.717, 1.165) is 22.6 Å². The summed E-state index contributed by atoms with van der Waals surface area (Å²) in [5, 5.41) is 16.9. The molecule has 126 valence electrons. The minimum atomic E-state index is 0.146. The molecule has 3 aromatic heterocycles. The molecule has 0 aliphatic rings. The van der Waals surface area contributed by atoms with Gasteiger partial charge in [0.25, 0.3) is 0 Å². The summed E-state index contributed by atoms with van der Waals surface area (Å²) in [5.74, 6) is 0.801. The highest BCUT2D eigenvalue weighted by Crippen LogP contribution is 2.25. The van der Waals surface area contributed by atoms with Gasteiger partial charge in [-0.3, -0.25) is 0 Å². The number of hydrogen-bond donors (Lipinski definition) is 1. The van der Waals surface area contributed by atoms with Crippen LogP contribution in [0.25, 0.3) is 16.8 Å². The van der Waals surface area contributed by atoms with Crippen LogP contribution >= 0.6 is 0 Å². The Hall–Kier alpha value is -3.65. The zero-order valence-corrected chi connectivity index (χ0v) is 14.3. The molecule has 0 aliphatic carbocycles. The molecule has 4 aromatic rings. The maximum absolute atomic E-state index is 9.14. The molecule has 0 amide bonds. The number of fused-ring (bicyclic) bond motifs is 1. The fraction of sp³-hybridized carbons (Fsp3) is 0.0952. The molecule has 0 bridgehead atoms. The van der Waals surface area contributed by atoms with Crippen molar-refractivity contribution < 1.29 is 0 Å². The van der Waals surface area contributed by atoms with Crippen LogP contribution in [0.3, 0.4) is 0 Å². The summed E-state index contributed by atoms with van der Waals surface area (Å²) >= 11 is 0. The van der Waals surface area contributed by atoms with Crippen molar-refractivity contribution in [2.24, 2.45) is 0 Å². The van der Waals surface area contributed by atoms with Crippen LogP contribution in [0.4, 0.5) is 5.82 Å². The van der Waals surface area contributed by atoms with Gasteiger partial charge in [-0.2, -0.15) is 10.4 Å². The molecule has 0 saturated carbocycles. The van der Waals surface area contributed by atoms with Crippen LogP contribution in [0.5, 0.6) is 0 Å². The van der Waals surface area contributed by atoms with Gasteiger partial charge in [-0.1, -0.05) is 36.4 Å². The first-order chi connectivity index (χ1) is 12.7. The quantitative estimate of drug-likeness (QED) is 0.597. The number of rotatable bonds is 4. The van der Waals surface area contributed by atoms with E-state index in [1.807, 2.05) is 42.5 Å². The molecule has 3 heterocycles. The summed E-state index contributed by atoms with van der Waals surface area (Å²) in [5.41, 5.74) is 4.39. The second-order valence-corrected chi connectivity index (χ2v) is 6.10. The molecule has 1 N–H and O–H groups in total. The largest absolute Gasteiger partial charge is 0.364 e. The molecule has 5 nitrogen and oxygen atoms in total. The van der Waals surface area contributed by atoms with Crippen molar-refractivity contribution in [3.63, 3.8) is 0 Å². The Kier molecular flexibility index (Phi) is 4.08. The Morgan fingerprint density at radius 3 is 2.73 bits per heavy atom. The standard InChI is InChI=1S/C21H17N5/c1-15(17-6-3-2-4-7-17)24-21-9-5-8-19(25-21)18-14-23-26-11-10-16(13-22)12-20(18)26/h2-12,14-15H,1H3,(H,24,25). The van der Waals surface area contributed by atoms with Crippen LogP contribution in [0, 0.1) is 11.3 Å². The Morgan fingerprint density at radius 1 is 1.08 bits per heavy atom. The second-order valence-electron chi connectivity index (χ2n) is 6.10. The molecular formula is C21H17N5. The molecular weight excluding hydrogens is 322 g/mol. The highest BCUT2D eigenvalue weighted by atomic mass is 15.2. The summed E-state index contributed by atoms with van der Waals surface area (Å²) in [6.45, 7) is 2.11. The number of nitriles is 1. The third kappa shape index (κ3) is 3.01. The first kappa shape index (κ1) is 15.9. The van der Waals surface area contributed by atoms with E-state index < -0.39 is 0 Å². The highest BCUT2D eigenvalue weighted by molar-refractivity contribution is 5.79. The monoisotopic (exact) mass is 339 g/mol. The van der Waals surface area contributed by atoms with Gasteiger partial charge in [0.05, 0.1) is 29.0 Å². The molecule has 0 spiro atoms. The maximum Gasteiger partial charge on any atom is 0.127 e. The normalized spacial score (nSPS) is 11.8. The summed E-state index contributed by atoms with van der Waals surface area (Å²) < 4.78 is 1.75. The molecule has 0 fully saturated rings. The van der Waals surface area contributed by atoms with Gasteiger partial charge in [-0.25, -0.2) is 9.50 Å². The van der Waals surface area contributed by atoms with E-state index in [1.54, 1.807) is 23.0 Å². The third-order valence-electron chi connectivity index (χ3n) is 4.34. The van der Waals surface area contributed by atoms with Crippen LogP contribution in [0.2, 0.25) is 0 Å². The van der Waals surface area contributed by atoms with Crippen molar-refractivity contribution in [1.29, 1.82) is 5.26 Å². The van der Waals surface area contributed by atoms with Crippen LogP contribution in [-0.2, 0) is 0 Å². The molecule has 1 atom stereocenters. The van der Waals surface area contributed by atoms with Crippen molar-refractivity contribution in [3.8, 4) is 17.3 Å². The molecule has 4 rings (SSSR count). The van der Waals surface area contributed by atoms with Crippen molar-refractivity contribution >= 4 is 11.3 Å². The van der Waals surface area contributed by atoms with E-state index in [0.29, 0.717) is 5.56 Å². The summed E-state index contributed by atoms with van der Waals surface area (Å²) in [4.78, 5) is 4.74. The van der Waals surface area contributed by atoms with Crippen molar-refractivity contribution in [1.82, 2.24) is 14.6 Å². The topological polar surface area (TPSA) is 66.0 Å². The van der Waals surface area contributed by atoms with Gasteiger partial charge in [0.1, 0.15) is 5.82 Å². The minimum absolute atomic E-state index is 0.146. The molecule has 1 aromatic carbocycles. The Labute approximate surface area is 151 Å². The Morgan fingerprint density at radius 2 is 1.92 bits per heavy atom. The van der Waals surface area contributed by atoms with E-state index in [4.69, 9.17) is 10.2 Å². The van der Waals surface area contributed by atoms with Gasteiger partial charge in [-0.05, 0) is 36.8 Å². The molecule has 5 heteroatoms. The first-order valence-corrected chi connectivity index (χ1v) is 8.41. The van der Waals surface area contributed by atoms with Gasteiger partial charge in [0.2, 0.25) is 0 Å². The fourth-order valence-corrected chi connectivity index (χ4v) is 2.96. The van der Waals surface area contributed by atoms with Crippen LogP contribution in [0.1, 0.15) is 24.1 Å². The molecule has 26 heavy (non-hydrogen) atoms. The SMILES string of the molecule is CC(Nc1cccc(-c2cnn3ccc(C#N)cc23)n1)c1ccccc1. The Bertz CT molecular complexity index is 1090. The number of aromatic nitrogens is 3. The smallest absolute Gasteiger partial charge is 0.127 e. The highest BCUT2D eigenvalue weighted by Gasteiger charge is 2.11. The molecule has 0 saturated heterocycles. The average Bonchev–Trinajstić information content (AvgIpc) is 3.12. The number of benzene rings is 1. The van der Waals surface area contributed by atoms with E-state index in [9.17, 15) is 0 Å². The Balaban J connectivity index is 1.67. The lowest BCUT2D eigenvalue weighted by molar-refractivity contribution is 0.875. The second kappa shape index (κ2) is 6.69. The molecule has 1 unspecified atom stereocenters. The first-order valence-electron chi connectivity index (χ1n) is 8.41. The minimum Gasteiger partial charge on any atom is -0.364 e. The van der Waals surface area contributed by atoms with Crippen molar-refractivity contribution in [3.05, 3.63) is 84.2 Å². The van der Waals surface area contributed by atoms with Gasteiger partial charge in [0.15, 0.2) is 0 Å². The summed E-state index contributed by atoms with van der Waals surface area (Å²) in [6, 6.07) is 22.0. The zero-order chi connectivity index (χ0) is 17.9. The van der Waals surface area contributed by atoms with Crippen molar-refractivity contribution in [2.75, 3.05) is 5.32 Å². The summed E-state index contributed by atoms with van der Waals surface area (Å²) in [7, 11) is 0.